The Balaban J connectivity index is 2.47. The van der Waals surface area contributed by atoms with E-state index >= 15 is 0 Å². The molecule has 2 N–H and O–H groups in total. The number of benzene rings is 1. The number of amides is 2. The molecular weight excluding hydrogens is 246 g/mol. The van der Waals surface area contributed by atoms with E-state index in [1.165, 1.54) is 0 Å². The van der Waals surface area contributed by atoms with E-state index < -0.39 is 23.6 Å². The van der Waals surface area contributed by atoms with Gasteiger partial charge in [-0.2, -0.15) is 0 Å². The van der Waals surface area contributed by atoms with Gasteiger partial charge in [0, 0.05) is 6.07 Å². The summed E-state index contributed by atoms with van der Waals surface area (Å²) < 4.78 is 30.3. The van der Waals surface area contributed by atoms with Crippen LogP contribution in [0.5, 0.6) is 0 Å². The van der Waals surface area contributed by atoms with Gasteiger partial charge < -0.3 is 15.4 Å². The van der Waals surface area contributed by atoms with E-state index in [1.807, 2.05) is 0 Å². The Kier molecular flexibility index (Phi) is 5.04. The first-order chi connectivity index (χ1) is 8.52. The summed E-state index contributed by atoms with van der Waals surface area (Å²) >= 11 is 0. The summed E-state index contributed by atoms with van der Waals surface area (Å²) in [6.07, 6.45) is 0. The molecule has 1 aromatic carbocycles. The topological polar surface area (TPSA) is 67.4 Å². The number of hydrogen-bond donors (Lipinski definition) is 2. The third-order valence-electron chi connectivity index (χ3n) is 1.88. The van der Waals surface area contributed by atoms with E-state index in [-0.39, 0.29) is 18.8 Å². The number of ether oxygens (including phenoxy) is 1. The minimum atomic E-state index is -0.902. The lowest BCUT2D eigenvalue weighted by Crippen LogP contribution is -2.34. The van der Waals surface area contributed by atoms with Crippen molar-refractivity contribution in [1.29, 1.82) is 0 Å². The van der Waals surface area contributed by atoms with Crippen LogP contribution < -0.4 is 10.6 Å². The van der Waals surface area contributed by atoms with Crippen LogP contribution in [-0.2, 0) is 9.53 Å². The molecule has 0 radical (unpaired) electrons. The fraction of sp³-hybridized carbons (Fsp3) is 0.273. The number of halogens is 2. The van der Waals surface area contributed by atoms with Crippen LogP contribution >= 0.6 is 0 Å². The maximum absolute atomic E-state index is 13.2. The molecule has 18 heavy (non-hydrogen) atoms. The van der Waals surface area contributed by atoms with Gasteiger partial charge >= 0.3 is 12.0 Å². The van der Waals surface area contributed by atoms with Crippen LogP contribution in [0.2, 0.25) is 0 Å². The van der Waals surface area contributed by atoms with Crippen molar-refractivity contribution in [3.63, 3.8) is 0 Å². The molecule has 0 unspecified atom stereocenters. The molecule has 1 rings (SSSR count). The molecule has 2 amide bonds. The average molecular weight is 258 g/mol. The molecule has 5 nitrogen and oxygen atoms in total. The predicted molar refractivity (Wildman–Crippen MR) is 60.0 cm³/mol. The number of carbonyl (C=O) groups excluding carboxylic acids is 2. The highest BCUT2D eigenvalue weighted by atomic mass is 19.1. The van der Waals surface area contributed by atoms with Crippen molar-refractivity contribution in [2.45, 2.75) is 6.92 Å². The van der Waals surface area contributed by atoms with Gasteiger partial charge in [-0.3, -0.25) is 4.79 Å². The van der Waals surface area contributed by atoms with Crippen molar-refractivity contribution in [3.8, 4) is 0 Å². The third-order valence-corrected chi connectivity index (χ3v) is 1.88. The molecule has 0 aliphatic carbocycles. The number of carbonyl (C=O) groups is 2. The quantitative estimate of drug-likeness (QED) is 0.807. The van der Waals surface area contributed by atoms with Gasteiger partial charge in [-0.15, -0.1) is 0 Å². The number of urea groups is 1. The van der Waals surface area contributed by atoms with Crippen LogP contribution in [-0.4, -0.2) is 25.2 Å². The van der Waals surface area contributed by atoms with E-state index in [4.69, 9.17) is 0 Å². The molecule has 0 aliphatic rings. The molecule has 0 fully saturated rings. The van der Waals surface area contributed by atoms with Gasteiger partial charge in [0.2, 0.25) is 0 Å². The first kappa shape index (κ1) is 13.9. The van der Waals surface area contributed by atoms with Crippen molar-refractivity contribution in [1.82, 2.24) is 5.32 Å². The van der Waals surface area contributed by atoms with Gasteiger partial charge in [0.05, 0.1) is 12.3 Å². The zero-order valence-electron chi connectivity index (χ0n) is 9.63. The van der Waals surface area contributed by atoms with Gasteiger partial charge in [0.1, 0.15) is 18.2 Å². The Labute approximate surface area is 102 Å². The summed E-state index contributed by atoms with van der Waals surface area (Å²) in [6, 6.07) is 1.94. The third kappa shape index (κ3) is 4.36. The summed E-state index contributed by atoms with van der Waals surface area (Å²) in [5, 5.41) is 4.31. The SMILES string of the molecule is CCOC(=O)CNC(=O)Nc1ccc(F)cc1F. The Morgan fingerprint density at radius 3 is 2.67 bits per heavy atom. The predicted octanol–water partition coefficient (Wildman–Crippen LogP) is 1.65. The molecule has 1 aromatic rings. The van der Waals surface area contributed by atoms with Crippen molar-refractivity contribution >= 4 is 17.7 Å². The Bertz CT molecular complexity index is 452. The van der Waals surface area contributed by atoms with E-state index in [1.54, 1.807) is 6.92 Å². The van der Waals surface area contributed by atoms with Crippen LogP contribution in [0, 0.1) is 11.6 Å². The second kappa shape index (κ2) is 6.53. The Hall–Kier alpha value is -2.18. The lowest BCUT2D eigenvalue weighted by molar-refractivity contribution is -0.141. The van der Waals surface area contributed by atoms with Gasteiger partial charge in [0.15, 0.2) is 0 Å². The standard InChI is InChI=1S/C11H12F2N2O3/c1-2-18-10(16)6-14-11(17)15-9-4-3-7(12)5-8(9)13/h3-5H,2,6H2,1H3,(H2,14,15,17). The lowest BCUT2D eigenvalue weighted by atomic mass is 10.3. The van der Waals surface area contributed by atoms with Gasteiger partial charge in [0.25, 0.3) is 0 Å². The van der Waals surface area contributed by atoms with Crippen molar-refractivity contribution < 1.29 is 23.1 Å². The van der Waals surface area contributed by atoms with Crippen LogP contribution in [0.1, 0.15) is 6.92 Å². The molecule has 0 aromatic heterocycles. The highest BCUT2D eigenvalue weighted by molar-refractivity contribution is 5.91. The number of hydrogen-bond acceptors (Lipinski definition) is 3. The minimum Gasteiger partial charge on any atom is -0.465 e. The highest BCUT2D eigenvalue weighted by Crippen LogP contribution is 2.14. The van der Waals surface area contributed by atoms with E-state index in [0.29, 0.717) is 6.07 Å². The summed E-state index contributed by atoms with van der Waals surface area (Å²) in [4.78, 5) is 22.2. The van der Waals surface area contributed by atoms with Crippen LogP contribution in [0.25, 0.3) is 0 Å². The molecule has 98 valence electrons. The van der Waals surface area contributed by atoms with Gasteiger partial charge in [-0.25, -0.2) is 13.6 Å². The fourth-order valence-electron chi connectivity index (χ4n) is 1.12. The van der Waals surface area contributed by atoms with Crippen molar-refractivity contribution in [3.05, 3.63) is 29.8 Å². The van der Waals surface area contributed by atoms with Crippen LogP contribution in [0.3, 0.4) is 0 Å². The Morgan fingerprint density at radius 2 is 2.06 bits per heavy atom. The largest absolute Gasteiger partial charge is 0.465 e. The number of nitrogens with one attached hydrogen (secondary N) is 2. The van der Waals surface area contributed by atoms with Crippen molar-refractivity contribution in [2.24, 2.45) is 0 Å². The first-order valence-electron chi connectivity index (χ1n) is 5.18. The summed E-state index contributed by atoms with van der Waals surface area (Å²) in [5.74, 6) is -2.25. The molecule has 0 saturated heterocycles. The van der Waals surface area contributed by atoms with Gasteiger partial charge in [-0.1, -0.05) is 0 Å². The zero-order chi connectivity index (χ0) is 13.5. The second-order valence-corrected chi connectivity index (χ2v) is 3.24. The summed E-state index contributed by atoms with van der Waals surface area (Å²) in [5.41, 5.74) is -0.183. The van der Waals surface area contributed by atoms with E-state index in [0.717, 1.165) is 12.1 Å². The Morgan fingerprint density at radius 1 is 1.33 bits per heavy atom. The fourth-order valence-corrected chi connectivity index (χ4v) is 1.12. The minimum absolute atomic E-state index is 0.183. The second-order valence-electron chi connectivity index (χ2n) is 3.24. The van der Waals surface area contributed by atoms with E-state index in [2.05, 4.69) is 15.4 Å². The van der Waals surface area contributed by atoms with Crippen LogP contribution in [0.4, 0.5) is 19.3 Å². The monoisotopic (exact) mass is 258 g/mol. The van der Waals surface area contributed by atoms with E-state index in [9.17, 15) is 18.4 Å². The number of anilines is 1. The molecule has 0 atom stereocenters. The van der Waals surface area contributed by atoms with Gasteiger partial charge in [-0.05, 0) is 19.1 Å². The number of rotatable bonds is 4. The first-order valence-corrected chi connectivity index (χ1v) is 5.18. The maximum Gasteiger partial charge on any atom is 0.325 e. The number of esters is 1. The average Bonchev–Trinajstić information content (AvgIpc) is 2.31. The molecule has 7 heteroatoms. The molecule has 0 spiro atoms. The highest BCUT2D eigenvalue weighted by Gasteiger charge is 2.09. The molecular formula is C11H12F2N2O3. The summed E-state index contributed by atoms with van der Waals surface area (Å²) in [7, 11) is 0. The lowest BCUT2D eigenvalue weighted by Gasteiger charge is -2.07. The summed E-state index contributed by atoms with van der Waals surface area (Å²) in [6.45, 7) is 1.50. The smallest absolute Gasteiger partial charge is 0.325 e. The van der Waals surface area contributed by atoms with Crippen molar-refractivity contribution in [2.75, 3.05) is 18.5 Å². The molecule has 0 heterocycles. The molecule has 0 aliphatic heterocycles. The maximum atomic E-state index is 13.2. The zero-order valence-corrected chi connectivity index (χ0v) is 9.63. The molecule has 0 bridgehead atoms. The van der Waals surface area contributed by atoms with Crippen LogP contribution in [0.15, 0.2) is 18.2 Å². The normalized spacial score (nSPS) is 9.72. The molecule has 0 saturated carbocycles.